The fourth-order valence-electron chi connectivity index (χ4n) is 3.61. The number of carbonyl (C=O) groups excluding carboxylic acids is 1. The number of aryl methyl sites for hydroxylation is 2. The summed E-state index contributed by atoms with van der Waals surface area (Å²) in [4.78, 5) is 18.0. The van der Waals surface area contributed by atoms with Gasteiger partial charge in [0.2, 0.25) is 5.13 Å². The highest BCUT2D eigenvalue weighted by Crippen LogP contribution is 2.26. The van der Waals surface area contributed by atoms with Crippen LogP contribution in [0.3, 0.4) is 0 Å². The van der Waals surface area contributed by atoms with Crippen LogP contribution in [0.1, 0.15) is 43.4 Å². The van der Waals surface area contributed by atoms with Crippen LogP contribution in [0.4, 0.5) is 0 Å². The number of methoxy groups -OCH3 is 1. The van der Waals surface area contributed by atoms with Crippen molar-refractivity contribution in [1.29, 1.82) is 0 Å². The van der Waals surface area contributed by atoms with Crippen LogP contribution in [-0.4, -0.2) is 27.8 Å². The first-order chi connectivity index (χ1) is 15.5. The van der Waals surface area contributed by atoms with Crippen molar-refractivity contribution in [3.05, 3.63) is 93.2 Å². The maximum atomic E-state index is 12.8. The van der Waals surface area contributed by atoms with Crippen molar-refractivity contribution < 1.29 is 9.53 Å². The molecule has 6 nitrogen and oxygen atoms in total. The second-order valence-electron chi connectivity index (χ2n) is 7.67. The SMILES string of the molecule is COc1ccc(Cc2c(C)nn(-c3nc(C)c(C(=O)NCc4ccccc4)s3)c2C)cc1. The van der Waals surface area contributed by atoms with Gasteiger partial charge in [0.1, 0.15) is 10.6 Å². The van der Waals surface area contributed by atoms with E-state index >= 15 is 0 Å². The highest BCUT2D eigenvalue weighted by atomic mass is 32.1. The van der Waals surface area contributed by atoms with E-state index in [-0.39, 0.29) is 5.91 Å². The molecular weight excluding hydrogens is 420 g/mol. The third-order valence-corrected chi connectivity index (χ3v) is 6.58. The number of thiazole rings is 1. The van der Waals surface area contributed by atoms with Crippen LogP contribution in [0.5, 0.6) is 5.75 Å². The molecule has 0 saturated heterocycles. The molecule has 7 heteroatoms. The van der Waals surface area contributed by atoms with Crippen LogP contribution in [0, 0.1) is 20.8 Å². The van der Waals surface area contributed by atoms with Gasteiger partial charge in [-0.2, -0.15) is 5.10 Å². The number of carbonyl (C=O) groups is 1. The van der Waals surface area contributed by atoms with E-state index in [9.17, 15) is 4.79 Å². The quantitative estimate of drug-likeness (QED) is 0.443. The van der Waals surface area contributed by atoms with Crippen molar-refractivity contribution in [3.63, 3.8) is 0 Å². The van der Waals surface area contributed by atoms with Gasteiger partial charge in [-0.15, -0.1) is 0 Å². The van der Waals surface area contributed by atoms with Gasteiger partial charge in [-0.1, -0.05) is 53.8 Å². The predicted octanol–water partition coefficient (Wildman–Crippen LogP) is 4.78. The van der Waals surface area contributed by atoms with Crippen LogP contribution < -0.4 is 10.1 Å². The van der Waals surface area contributed by atoms with Crippen LogP contribution in [0.15, 0.2) is 54.6 Å². The van der Waals surface area contributed by atoms with E-state index in [1.165, 1.54) is 16.9 Å². The molecule has 0 saturated carbocycles. The lowest BCUT2D eigenvalue weighted by molar-refractivity contribution is 0.0954. The van der Waals surface area contributed by atoms with Gasteiger partial charge in [0.05, 0.1) is 18.5 Å². The summed E-state index contributed by atoms with van der Waals surface area (Å²) >= 11 is 1.36. The fourth-order valence-corrected chi connectivity index (χ4v) is 4.59. The number of hydrogen-bond acceptors (Lipinski definition) is 5. The van der Waals surface area contributed by atoms with E-state index in [1.54, 1.807) is 7.11 Å². The second kappa shape index (κ2) is 9.36. The van der Waals surface area contributed by atoms with Gasteiger partial charge in [0.25, 0.3) is 5.91 Å². The summed E-state index contributed by atoms with van der Waals surface area (Å²) in [6.07, 6.45) is 0.774. The molecule has 4 aromatic rings. The first kappa shape index (κ1) is 21.8. The Morgan fingerprint density at radius 2 is 1.72 bits per heavy atom. The zero-order chi connectivity index (χ0) is 22.7. The van der Waals surface area contributed by atoms with Gasteiger partial charge in [0, 0.05) is 24.2 Å². The lowest BCUT2D eigenvalue weighted by atomic mass is 10.0. The molecule has 0 fully saturated rings. The molecule has 0 bridgehead atoms. The largest absolute Gasteiger partial charge is 0.497 e. The zero-order valence-electron chi connectivity index (χ0n) is 18.7. The number of ether oxygens (including phenoxy) is 1. The number of rotatable bonds is 7. The molecule has 0 atom stereocenters. The molecule has 2 aromatic carbocycles. The Kier molecular flexibility index (Phi) is 6.37. The Bertz CT molecular complexity index is 1230. The van der Waals surface area contributed by atoms with Crippen LogP contribution in [-0.2, 0) is 13.0 Å². The maximum Gasteiger partial charge on any atom is 0.263 e. The summed E-state index contributed by atoms with van der Waals surface area (Å²) in [7, 11) is 1.67. The van der Waals surface area contributed by atoms with Gasteiger partial charge in [-0.3, -0.25) is 4.79 Å². The molecule has 0 aliphatic heterocycles. The first-order valence-corrected chi connectivity index (χ1v) is 11.3. The number of nitrogens with one attached hydrogen (secondary N) is 1. The van der Waals surface area contributed by atoms with E-state index in [2.05, 4.69) is 22.4 Å². The number of hydrogen-bond donors (Lipinski definition) is 1. The van der Waals surface area contributed by atoms with Crippen molar-refractivity contribution in [2.24, 2.45) is 0 Å². The lowest BCUT2D eigenvalue weighted by Gasteiger charge is -2.05. The van der Waals surface area contributed by atoms with Crippen LogP contribution in [0.2, 0.25) is 0 Å². The Morgan fingerprint density at radius 3 is 2.41 bits per heavy atom. The summed E-state index contributed by atoms with van der Waals surface area (Å²) in [5, 5.41) is 8.41. The van der Waals surface area contributed by atoms with Crippen molar-refractivity contribution in [3.8, 4) is 10.9 Å². The van der Waals surface area contributed by atoms with Gasteiger partial charge >= 0.3 is 0 Å². The Hall–Kier alpha value is -3.45. The summed E-state index contributed by atoms with van der Waals surface area (Å²) in [5.74, 6) is 0.726. The van der Waals surface area contributed by atoms with Crippen LogP contribution in [0.25, 0.3) is 5.13 Å². The van der Waals surface area contributed by atoms with Crippen molar-refractivity contribution in [2.75, 3.05) is 7.11 Å². The second-order valence-corrected chi connectivity index (χ2v) is 8.64. The summed E-state index contributed by atoms with van der Waals surface area (Å²) < 4.78 is 7.10. The molecule has 0 aliphatic rings. The van der Waals surface area contributed by atoms with Gasteiger partial charge in [-0.25, -0.2) is 9.67 Å². The van der Waals surface area contributed by atoms with E-state index in [4.69, 9.17) is 9.84 Å². The zero-order valence-corrected chi connectivity index (χ0v) is 19.5. The monoisotopic (exact) mass is 446 g/mol. The first-order valence-electron chi connectivity index (χ1n) is 10.4. The molecule has 2 aromatic heterocycles. The van der Waals surface area contributed by atoms with Crippen molar-refractivity contribution in [2.45, 2.75) is 33.7 Å². The molecule has 0 spiro atoms. The van der Waals surface area contributed by atoms with Gasteiger partial charge < -0.3 is 10.1 Å². The molecule has 164 valence electrons. The van der Waals surface area contributed by atoms with Gasteiger partial charge in [-0.05, 0) is 44.0 Å². The van der Waals surface area contributed by atoms with E-state index < -0.39 is 0 Å². The Labute approximate surface area is 191 Å². The van der Waals surface area contributed by atoms with Gasteiger partial charge in [0.15, 0.2) is 0 Å². The number of nitrogens with zero attached hydrogens (tertiary/aromatic N) is 3. The fraction of sp³-hybridized carbons (Fsp3) is 0.240. The molecule has 2 heterocycles. The van der Waals surface area contributed by atoms with Crippen LogP contribution >= 0.6 is 11.3 Å². The third kappa shape index (κ3) is 4.57. The molecule has 1 amide bonds. The number of aromatic nitrogens is 3. The minimum Gasteiger partial charge on any atom is -0.497 e. The molecule has 1 N–H and O–H groups in total. The smallest absolute Gasteiger partial charge is 0.263 e. The molecule has 32 heavy (non-hydrogen) atoms. The standard InChI is InChI=1S/C25H26N4O2S/c1-16-22(14-19-10-12-21(31-4)13-11-19)18(3)29(28-16)25-27-17(2)23(32-25)24(30)26-15-20-8-6-5-7-9-20/h5-13H,14-15H2,1-4H3,(H,26,30). The average molecular weight is 447 g/mol. The van der Waals surface area contributed by atoms with E-state index in [1.807, 2.05) is 67.9 Å². The third-order valence-electron chi connectivity index (χ3n) is 5.45. The van der Waals surface area contributed by atoms with Crippen molar-refractivity contribution >= 4 is 17.2 Å². The van der Waals surface area contributed by atoms with E-state index in [0.29, 0.717) is 22.2 Å². The minimum atomic E-state index is -0.116. The molecule has 4 rings (SSSR count). The van der Waals surface area contributed by atoms with E-state index in [0.717, 1.165) is 34.7 Å². The van der Waals surface area contributed by atoms with Crippen molar-refractivity contribution in [1.82, 2.24) is 20.1 Å². The Morgan fingerprint density at radius 1 is 1.00 bits per heavy atom. The Balaban J connectivity index is 1.54. The lowest BCUT2D eigenvalue weighted by Crippen LogP contribution is -2.22. The molecular formula is C25H26N4O2S. The molecule has 0 aliphatic carbocycles. The summed E-state index contributed by atoms with van der Waals surface area (Å²) in [6.45, 7) is 6.40. The molecule has 0 unspecified atom stereocenters. The summed E-state index contributed by atoms with van der Waals surface area (Å²) in [6, 6.07) is 17.9. The maximum absolute atomic E-state index is 12.8. The summed E-state index contributed by atoms with van der Waals surface area (Å²) in [5.41, 5.74) is 6.11. The number of benzene rings is 2. The number of amides is 1. The topological polar surface area (TPSA) is 69.0 Å². The predicted molar refractivity (Wildman–Crippen MR) is 127 cm³/mol. The minimum absolute atomic E-state index is 0.116. The molecule has 0 radical (unpaired) electrons. The highest BCUT2D eigenvalue weighted by Gasteiger charge is 2.20. The normalized spacial score (nSPS) is 10.9. The average Bonchev–Trinajstić information content (AvgIpc) is 3.33. The highest BCUT2D eigenvalue weighted by molar-refractivity contribution is 7.16.